The third kappa shape index (κ3) is 2.84. The molecule has 112 valence electrons. The van der Waals surface area contributed by atoms with Crippen molar-refractivity contribution < 1.29 is 4.79 Å². The Hall–Kier alpha value is -1.92. The highest BCUT2D eigenvalue weighted by atomic mass is 32.2. The maximum atomic E-state index is 11.0. The topological polar surface area (TPSA) is 68.9 Å². The fourth-order valence-electron chi connectivity index (χ4n) is 2.22. The summed E-state index contributed by atoms with van der Waals surface area (Å²) in [6.07, 6.45) is 1.53. The molecule has 0 aliphatic heterocycles. The smallest absolute Gasteiger partial charge is 0.227 e. The number of carbonyl (C=O) groups is 1. The maximum absolute atomic E-state index is 11.0. The zero-order valence-electron chi connectivity index (χ0n) is 12.3. The van der Waals surface area contributed by atoms with Gasteiger partial charge in [0.25, 0.3) is 0 Å². The fourth-order valence-corrected chi connectivity index (χ4v) is 3.95. The number of primary amides is 1. The molecule has 0 aliphatic carbocycles. The molecule has 3 rings (SSSR count). The number of hydrogen-bond donors (Lipinski definition) is 1. The van der Waals surface area contributed by atoms with Crippen LogP contribution in [0.4, 0.5) is 0 Å². The largest absolute Gasteiger partial charge is 0.369 e. The van der Waals surface area contributed by atoms with E-state index in [1.807, 2.05) is 0 Å². The fraction of sp³-hybridized carbons (Fsp3) is 0.188. The predicted octanol–water partition coefficient (Wildman–Crippen LogP) is 3.55. The van der Waals surface area contributed by atoms with Crippen LogP contribution >= 0.6 is 23.1 Å². The van der Waals surface area contributed by atoms with Crippen LogP contribution in [-0.2, 0) is 4.79 Å². The molecule has 22 heavy (non-hydrogen) atoms. The number of nitrogens with zero attached hydrogens (tertiary/aromatic N) is 2. The summed E-state index contributed by atoms with van der Waals surface area (Å²) >= 11 is 2.95. The summed E-state index contributed by atoms with van der Waals surface area (Å²) in [6, 6.07) is 6.40. The summed E-state index contributed by atoms with van der Waals surface area (Å²) in [7, 11) is 0. The number of thiophene rings is 1. The van der Waals surface area contributed by atoms with Crippen LogP contribution in [-0.4, -0.2) is 21.6 Å². The zero-order valence-corrected chi connectivity index (χ0v) is 13.9. The van der Waals surface area contributed by atoms with Gasteiger partial charge < -0.3 is 5.73 Å². The summed E-state index contributed by atoms with van der Waals surface area (Å²) in [5.41, 5.74) is 10.0. The third-order valence-corrected chi connectivity index (χ3v) is 5.40. The average Bonchev–Trinajstić information content (AvgIpc) is 2.92. The lowest BCUT2D eigenvalue weighted by Gasteiger charge is -2.06. The van der Waals surface area contributed by atoms with Crippen molar-refractivity contribution in [3.05, 3.63) is 41.0 Å². The van der Waals surface area contributed by atoms with E-state index in [-0.39, 0.29) is 11.7 Å². The average molecular weight is 329 g/mol. The molecule has 6 heteroatoms. The number of aryl methyl sites for hydroxylation is 2. The Bertz CT molecular complexity index is 858. The molecule has 0 fully saturated rings. The molecular formula is C16H15N3OS2. The number of benzene rings is 1. The molecule has 0 aliphatic rings. The molecule has 2 N–H and O–H groups in total. The van der Waals surface area contributed by atoms with Gasteiger partial charge in [0.15, 0.2) is 0 Å². The van der Waals surface area contributed by atoms with Crippen molar-refractivity contribution in [3.63, 3.8) is 0 Å². The van der Waals surface area contributed by atoms with E-state index in [9.17, 15) is 4.79 Å². The third-order valence-electron chi connectivity index (χ3n) is 3.50. The maximum Gasteiger partial charge on any atom is 0.227 e. The van der Waals surface area contributed by atoms with Gasteiger partial charge in [-0.25, -0.2) is 9.97 Å². The van der Waals surface area contributed by atoms with E-state index in [0.717, 1.165) is 26.4 Å². The van der Waals surface area contributed by atoms with Gasteiger partial charge >= 0.3 is 0 Å². The van der Waals surface area contributed by atoms with Gasteiger partial charge in [-0.1, -0.05) is 30.0 Å². The van der Waals surface area contributed by atoms with Crippen molar-refractivity contribution in [3.8, 4) is 11.1 Å². The van der Waals surface area contributed by atoms with Gasteiger partial charge in [-0.05, 0) is 30.5 Å². The van der Waals surface area contributed by atoms with Crippen molar-refractivity contribution in [1.29, 1.82) is 0 Å². The number of rotatable bonds is 4. The van der Waals surface area contributed by atoms with Crippen LogP contribution in [0.3, 0.4) is 0 Å². The normalized spacial score (nSPS) is 11.0. The van der Waals surface area contributed by atoms with Crippen molar-refractivity contribution >= 4 is 39.2 Å². The van der Waals surface area contributed by atoms with Gasteiger partial charge in [-0.2, -0.15) is 0 Å². The van der Waals surface area contributed by atoms with Gasteiger partial charge in [0, 0.05) is 10.9 Å². The first-order chi connectivity index (χ1) is 10.6. The van der Waals surface area contributed by atoms with E-state index in [0.29, 0.717) is 0 Å². The summed E-state index contributed by atoms with van der Waals surface area (Å²) in [5.74, 6) is -0.131. The Labute approximate surface area is 136 Å². The van der Waals surface area contributed by atoms with Gasteiger partial charge in [0.05, 0.1) is 11.1 Å². The molecule has 1 amide bonds. The number of amides is 1. The van der Waals surface area contributed by atoms with E-state index >= 15 is 0 Å². The molecule has 0 spiro atoms. The number of carbonyl (C=O) groups excluding carboxylic acids is 1. The minimum absolute atomic E-state index is 0.217. The second kappa shape index (κ2) is 6.06. The Morgan fingerprint density at radius 3 is 2.82 bits per heavy atom. The summed E-state index contributed by atoms with van der Waals surface area (Å²) in [4.78, 5) is 20.6. The Kier molecular flexibility index (Phi) is 4.13. The van der Waals surface area contributed by atoms with Crippen LogP contribution in [0.5, 0.6) is 0 Å². The van der Waals surface area contributed by atoms with Crippen molar-refractivity contribution in [2.45, 2.75) is 18.9 Å². The van der Waals surface area contributed by atoms with E-state index in [4.69, 9.17) is 5.73 Å². The first kappa shape index (κ1) is 15.0. The Balaban J connectivity index is 2.13. The van der Waals surface area contributed by atoms with Gasteiger partial charge in [0.2, 0.25) is 5.91 Å². The molecule has 0 bridgehead atoms. The van der Waals surface area contributed by atoms with Crippen LogP contribution in [0.25, 0.3) is 21.3 Å². The first-order valence-corrected chi connectivity index (χ1v) is 8.63. The number of nitrogens with two attached hydrogens (primary N) is 1. The predicted molar refractivity (Wildman–Crippen MR) is 92.2 cm³/mol. The minimum atomic E-state index is -0.347. The second-order valence-corrected chi connectivity index (χ2v) is 6.88. The van der Waals surface area contributed by atoms with Gasteiger partial charge in [-0.15, -0.1) is 11.3 Å². The lowest BCUT2D eigenvalue weighted by molar-refractivity contribution is -0.115. The molecule has 4 nitrogen and oxygen atoms in total. The SMILES string of the molecule is Cc1ccc(-c2csc3ncnc(SCC(N)=O)c23)cc1C. The van der Waals surface area contributed by atoms with E-state index in [1.165, 1.54) is 29.2 Å². The molecular weight excluding hydrogens is 314 g/mol. The molecule has 0 saturated carbocycles. The molecule has 0 saturated heterocycles. The molecule has 0 radical (unpaired) electrons. The molecule has 2 heterocycles. The molecule has 3 aromatic rings. The number of fused-ring (bicyclic) bond motifs is 1. The van der Waals surface area contributed by atoms with Crippen LogP contribution in [0.2, 0.25) is 0 Å². The highest BCUT2D eigenvalue weighted by molar-refractivity contribution is 8.00. The highest BCUT2D eigenvalue weighted by Crippen LogP contribution is 2.38. The number of hydrogen-bond acceptors (Lipinski definition) is 5. The molecule has 1 aromatic carbocycles. The number of aromatic nitrogens is 2. The summed E-state index contributed by atoms with van der Waals surface area (Å²) in [5, 5.41) is 3.90. The number of thioether (sulfide) groups is 1. The highest BCUT2D eigenvalue weighted by Gasteiger charge is 2.14. The van der Waals surface area contributed by atoms with Gasteiger partial charge in [-0.3, -0.25) is 4.79 Å². The Morgan fingerprint density at radius 2 is 2.09 bits per heavy atom. The second-order valence-electron chi connectivity index (χ2n) is 5.06. The van der Waals surface area contributed by atoms with Crippen molar-refractivity contribution in [2.75, 3.05) is 5.75 Å². The molecule has 0 atom stereocenters. The minimum Gasteiger partial charge on any atom is -0.369 e. The van der Waals surface area contributed by atoms with Crippen molar-refractivity contribution in [2.24, 2.45) is 5.73 Å². The zero-order chi connectivity index (χ0) is 15.7. The summed E-state index contributed by atoms with van der Waals surface area (Å²) < 4.78 is 0. The monoisotopic (exact) mass is 329 g/mol. The lowest BCUT2D eigenvalue weighted by Crippen LogP contribution is -2.13. The lowest BCUT2D eigenvalue weighted by atomic mass is 10.0. The van der Waals surface area contributed by atoms with Crippen LogP contribution < -0.4 is 5.73 Å². The Morgan fingerprint density at radius 1 is 1.27 bits per heavy atom. The quantitative estimate of drug-likeness (QED) is 0.587. The summed E-state index contributed by atoms with van der Waals surface area (Å²) in [6.45, 7) is 4.20. The molecule has 2 aromatic heterocycles. The van der Waals surface area contributed by atoms with Gasteiger partial charge in [0.1, 0.15) is 16.2 Å². The van der Waals surface area contributed by atoms with Crippen LogP contribution in [0, 0.1) is 13.8 Å². The van der Waals surface area contributed by atoms with E-state index < -0.39 is 0 Å². The standard InChI is InChI=1S/C16H15N3OS2/c1-9-3-4-11(5-10(9)2)12-6-21-15-14(12)16(19-8-18-15)22-7-13(17)20/h3-6,8H,7H2,1-2H3,(H2,17,20). The van der Waals surface area contributed by atoms with Crippen LogP contribution in [0.1, 0.15) is 11.1 Å². The first-order valence-electron chi connectivity index (χ1n) is 6.77. The van der Waals surface area contributed by atoms with Crippen molar-refractivity contribution in [1.82, 2.24) is 9.97 Å². The van der Waals surface area contributed by atoms with Crippen LogP contribution in [0.15, 0.2) is 34.9 Å². The molecule has 0 unspecified atom stereocenters. The van der Waals surface area contributed by atoms with E-state index in [2.05, 4.69) is 47.4 Å². The van der Waals surface area contributed by atoms with E-state index in [1.54, 1.807) is 11.3 Å².